The molecule has 21 heavy (non-hydrogen) atoms. The van der Waals surface area contributed by atoms with Gasteiger partial charge in [-0.3, -0.25) is 4.90 Å². The van der Waals surface area contributed by atoms with Gasteiger partial charge >= 0.3 is 0 Å². The number of para-hydroxylation sites is 1. The topological polar surface area (TPSA) is 24.5 Å². The molecule has 1 saturated heterocycles. The predicted molar refractivity (Wildman–Crippen MR) is 88.8 cm³/mol. The molecule has 2 atom stereocenters. The van der Waals surface area contributed by atoms with E-state index < -0.39 is 0 Å². The van der Waals surface area contributed by atoms with Crippen molar-refractivity contribution in [1.29, 1.82) is 0 Å². The fourth-order valence-corrected chi connectivity index (χ4v) is 3.33. The van der Waals surface area contributed by atoms with Crippen LogP contribution in [0.5, 0.6) is 5.75 Å². The van der Waals surface area contributed by atoms with Crippen LogP contribution >= 0.6 is 0 Å². The quantitative estimate of drug-likeness (QED) is 0.832. The Morgan fingerprint density at radius 3 is 2.67 bits per heavy atom. The molecule has 1 aromatic carbocycles. The van der Waals surface area contributed by atoms with Gasteiger partial charge in [-0.25, -0.2) is 0 Å². The Morgan fingerprint density at radius 1 is 1.19 bits per heavy atom. The molecule has 0 amide bonds. The molecule has 0 saturated carbocycles. The fourth-order valence-electron chi connectivity index (χ4n) is 3.33. The van der Waals surface area contributed by atoms with Crippen molar-refractivity contribution in [3.05, 3.63) is 29.8 Å². The zero-order valence-electron chi connectivity index (χ0n) is 13.8. The number of benzene rings is 1. The largest absolute Gasteiger partial charge is 0.496 e. The highest BCUT2D eigenvalue weighted by Crippen LogP contribution is 2.23. The minimum absolute atomic E-state index is 0.637. The second-order valence-corrected chi connectivity index (χ2v) is 6.08. The maximum Gasteiger partial charge on any atom is 0.123 e. The van der Waals surface area contributed by atoms with Gasteiger partial charge in [0, 0.05) is 37.3 Å². The number of piperazine rings is 1. The molecule has 0 aliphatic carbocycles. The predicted octanol–water partition coefficient (Wildman–Crippen LogP) is 3.44. The maximum atomic E-state index is 5.51. The van der Waals surface area contributed by atoms with E-state index in [0.717, 1.165) is 25.4 Å². The van der Waals surface area contributed by atoms with Gasteiger partial charge in [0.2, 0.25) is 0 Å². The highest BCUT2D eigenvalue weighted by atomic mass is 16.5. The number of rotatable bonds is 7. The number of methoxy groups -OCH3 is 1. The molecule has 0 aromatic heterocycles. The van der Waals surface area contributed by atoms with E-state index in [-0.39, 0.29) is 0 Å². The Bertz CT molecular complexity index is 421. The summed E-state index contributed by atoms with van der Waals surface area (Å²) in [4.78, 5) is 2.65. The summed E-state index contributed by atoms with van der Waals surface area (Å²) in [7, 11) is 1.76. The molecular weight excluding hydrogens is 260 g/mol. The van der Waals surface area contributed by atoms with E-state index in [1.165, 1.54) is 31.2 Å². The summed E-state index contributed by atoms with van der Waals surface area (Å²) in [5, 5.41) is 3.73. The van der Waals surface area contributed by atoms with Crippen LogP contribution in [0, 0.1) is 0 Å². The molecule has 3 heteroatoms. The van der Waals surface area contributed by atoms with E-state index in [1.807, 2.05) is 6.07 Å². The molecule has 1 heterocycles. The zero-order chi connectivity index (χ0) is 15.1. The Morgan fingerprint density at radius 2 is 1.95 bits per heavy atom. The highest BCUT2D eigenvalue weighted by Gasteiger charge is 2.27. The lowest BCUT2D eigenvalue weighted by molar-refractivity contribution is 0.111. The van der Waals surface area contributed by atoms with E-state index in [0.29, 0.717) is 12.1 Å². The molecule has 1 aliphatic heterocycles. The minimum atomic E-state index is 0.637. The van der Waals surface area contributed by atoms with Crippen molar-refractivity contribution in [2.24, 2.45) is 0 Å². The third kappa shape index (κ3) is 4.45. The number of ether oxygens (including phenoxy) is 1. The molecule has 0 spiro atoms. The van der Waals surface area contributed by atoms with Gasteiger partial charge in [-0.2, -0.15) is 0 Å². The lowest BCUT2D eigenvalue weighted by atomic mass is 10.0. The Balaban J connectivity index is 2.08. The first-order valence-corrected chi connectivity index (χ1v) is 8.37. The van der Waals surface area contributed by atoms with E-state index >= 15 is 0 Å². The van der Waals surface area contributed by atoms with Gasteiger partial charge in [-0.05, 0) is 18.9 Å². The van der Waals surface area contributed by atoms with Gasteiger partial charge < -0.3 is 10.1 Å². The smallest absolute Gasteiger partial charge is 0.123 e. The molecule has 1 N–H and O–H groups in total. The van der Waals surface area contributed by atoms with Crippen LogP contribution in [0.3, 0.4) is 0 Å². The number of nitrogens with one attached hydrogen (secondary N) is 1. The zero-order valence-corrected chi connectivity index (χ0v) is 13.8. The van der Waals surface area contributed by atoms with Crippen LogP contribution in [0.15, 0.2) is 24.3 Å². The van der Waals surface area contributed by atoms with Gasteiger partial charge in [-0.15, -0.1) is 0 Å². The maximum absolute atomic E-state index is 5.51. The molecule has 0 radical (unpaired) electrons. The summed E-state index contributed by atoms with van der Waals surface area (Å²) in [6.45, 7) is 7.81. The summed E-state index contributed by atoms with van der Waals surface area (Å²) >= 11 is 0. The van der Waals surface area contributed by atoms with Gasteiger partial charge in [0.15, 0.2) is 0 Å². The Kier molecular flexibility index (Phi) is 6.52. The average Bonchev–Trinajstić information content (AvgIpc) is 2.51. The van der Waals surface area contributed by atoms with Crippen molar-refractivity contribution in [2.45, 2.75) is 58.2 Å². The number of nitrogens with zero attached hydrogens (tertiary/aromatic N) is 1. The van der Waals surface area contributed by atoms with Gasteiger partial charge in [0.25, 0.3) is 0 Å². The Labute approximate surface area is 129 Å². The Hall–Kier alpha value is -1.06. The van der Waals surface area contributed by atoms with E-state index in [1.54, 1.807) is 7.11 Å². The SMILES string of the molecule is CCCC1CN(Cc2ccccc2OC)C(CCC)CN1. The summed E-state index contributed by atoms with van der Waals surface area (Å²) in [5.41, 5.74) is 1.30. The van der Waals surface area contributed by atoms with Crippen molar-refractivity contribution in [3.63, 3.8) is 0 Å². The highest BCUT2D eigenvalue weighted by molar-refractivity contribution is 5.33. The monoisotopic (exact) mass is 290 g/mol. The summed E-state index contributed by atoms with van der Waals surface area (Å²) in [5.74, 6) is 1.01. The first-order chi connectivity index (χ1) is 10.3. The molecule has 1 aliphatic rings. The van der Waals surface area contributed by atoms with Crippen LogP contribution in [0.2, 0.25) is 0 Å². The van der Waals surface area contributed by atoms with E-state index in [2.05, 4.69) is 42.3 Å². The van der Waals surface area contributed by atoms with Crippen molar-refractivity contribution in [3.8, 4) is 5.75 Å². The average molecular weight is 290 g/mol. The molecule has 3 nitrogen and oxygen atoms in total. The molecule has 118 valence electrons. The number of hydrogen-bond donors (Lipinski definition) is 1. The van der Waals surface area contributed by atoms with Gasteiger partial charge in [0.1, 0.15) is 5.75 Å². The van der Waals surface area contributed by atoms with E-state index in [4.69, 9.17) is 4.74 Å². The molecule has 2 rings (SSSR count). The second-order valence-electron chi connectivity index (χ2n) is 6.08. The van der Waals surface area contributed by atoms with E-state index in [9.17, 15) is 0 Å². The minimum Gasteiger partial charge on any atom is -0.496 e. The van der Waals surface area contributed by atoms with Crippen molar-refractivity contribution < 1.29 is 4.74 Å². The molecular formula is C18H30N2O. The lowest BCUT2D eigenvalue weighted by Gasteiger charge is -2.40. The normalized spacial score (nSPS) is 23.2. The molecule has 1 aromatic rings. The molecule has 1 fully saturated rings. The van der Waals surface area contributed by atoms with Crippen LogP contribution < -0.4 is 10.1 Å². The third-order valence-electron chi connectivity index (χ3n) is 4.44. The second kappa shape index (κ2) is 8.40. The van der Waals surface area contributed by atoms with Crippen LogP contribution in [0.4, 0.5) is 0 Å². The first kappa shape index (κ1) is 16.3. The van der Waals surface area contributed by atoms with Crippen LogP contribution in [0.25, 0.3) is 0 Å². The van der Waals surface area contributed by atoms with Crippen LogP contribution in [-0.2, 0) is 6.54 Å². The summed E-state index contributed by atoms with van der Waals surface area (Å²) in [6.07, 6.45) is 5.02. The first-order valence-electron chi connectivity index (χ1n) is 8.37. The van der Waals surface area contributed by atoms with Gasteiger partial charge in [0.05, 0.1) is 7.11 Å². The molecule has 0 bridgehead atoms. The summed E-state index contributed by atoms with van der Waals surface area (Å²) < 4.78 is 5.51. The fraction of sp³-hybridized carbons (Fsp3) is 0.667. The van der Waals surface area contributed by atoms with Crippen molar-refractivity contribution >= 4 is 0 Å². The van der Waals surface area contributed by atoms with Gasteiger partial charge in [-0.1, -0.05) is 44.9 Å². The lowest BCUT2D eigenvalue weighted by Crippen LogP contribution is -2.55. The summed E-state index contributed by atoms with van der Waals surface area (Å²) in [6, 6.07) is 9.70. The van der Waals surface area contributed by atoms with Crippen LogP contribution in [-0.4, -0.2) is 37.2 Å². The van der Waals surface area contributed by atoms with Crippen molar-refractivity contribution in [2.75, 3.05) is 20.2 Å². The van der Waals surface area contributed by atoms with Crippen LogP contribution in [0.1, 0.15) is 45.1 Å². The van der Waals surface area contributed by atoms with Crippen molar-refractivity contribution in [1.82, 2.24) is 10.2 Å². The number of hydrogen-bond acceptors (Lipinski definition) is 3. The molecule has 2 unspecified atom stereocenters. The third-order valence-corrected chi connectivity index (χ3v) is 4.44. The standard InChI is InChI=1S/C18H30N2O/c1-4-8-16-14-20(17(9-5-2)12-19-16)13-15-10-6-7-11-18(15)21-3/h6-7,10-11,16-17,19H,4-5,8-9,12-14H2,1-3H3.